The van der Waals surface area contributed by atoms with Crippen molar-refractivity contribution in [1.29, 1.82) is 0 Å². The van der Waals surface area contributed by atoms with Crippen LogP contribution in [0.3, 0.4) is 0 Å². The van der Waals surface area contributed by atoms with Gasteiger partial charge in [-0.1, -0.05) is 42.5 Å². The van der Waals surface area contributed by atoms with Gasteiger partial charge in [-0.05, 0) is 47.5 Å². The summed E-state index contributed by atoms with van der Waals surface area (Å²) in [5, 5.41) is 11.4. The molecule has 2 aliphatic heterocycles. The number of ketones is 1. The molecule has 10 heteroatoms. The third kappa shape index (κ3) is 6.79. The number of rotatable bonds is 11. The second-order valence-corrected chi connectivity index (χ2v) is 10.1. The Balaban J connectivity index is 1.42. The molecule has 0 saturated carbocycles. The molecular formula is C32H33N3O7. The standard InChI is InChI=1S/C32H33N3O7/c33-27(36)21-42-26-10-6-23(7-11-26)29-28(31(38)32(39)35(29)15-14-34-16-18-40-19-17-34)30(37)24-8-12-25(13-9-24)41-20-22-4-2-1-3-5-22/h1-13,29,37H,14-21H2,(H2,33,36). The van der Waals surface area contributed by atoms with Crippen LogP contribution in [0.5, 0.6) is 11.5 Å². The van der Waals surface area contributed by atoms with E-state index in [1.807, 2.05) is 30.3 Å². The van der Waals surface area contributed by atoms with Crippen LogP contribution in [0.4, 0.5) is 0 Å². The Morgan fingerprint density at radius 2 is 1.52 bits per heavy atom. The van der Waals surface area contributed by atoms with Gasteiger partial charge in [0.25, 0.3) is 17.6 Å². The molecule has 5 rings (SSSR count). The molecule has 0 aromatic heterocycles. The van der Waals surface area contributed by atoms with Crippen LogP contribution >= 0.6 is 0 Å². The molecular weight excluding hydrogens is 538 g/mol. The highest BCUT2D eigenvalue weighted by Gasteiger charge is 2.46. The molecule has 2 saturated heterocycles. The molecule has 0 aliphatic carbocycles. The molecule has 2 heterocycles. The van der Waals surface area contributed by atoms with Gasteiger partial charge in [-0.3, -0.25) is 19.3 Å². The normalized spacial score (nSPS) is 18.7. The number of nitrogens with zero attached hydrogens (tertiary/aromatic N) is 2. The van der Waals surface area contributed by atoms with Gasteiger partial charge in [-0.25, -0.2) is 0 Å². The fraction of sp³-hybridized carbons (Fsp3) is 0.281. The van der Waals surface area contributed by atoms with Crippen LogP contribution in [0.1, 0.15) is 22.7 Å². The lowest BCUT2D eigenvalue weighted by Crippen LogP contribution is -2.42. The fourth-order valence-electron chi connectivity index (χ4n) is 5.04. The number of aliphatic hydroxyl groups excluding tert-OH is 1. The molecule has 42 heavy (non-hydrogen) atoms. The SMILES string of the molecule is NC(=O)COc1ccc(C2C(=C(O)c3ccc(OCc4ccccc4)cc3)C(=O)C(=O)N2CCN2CCOCC2)cc1. The van der Waals surface area contributed by atoms with Crippen molar-refractivity contribution in [3.63, 3.8) is 0 Å². The van der Waals surface area contributed by atoms with Gasteiger partial charge in [0.15, 0.2) is 6.61 Å². The summed E-state index contributed by atoms with van der Waals surface area (Å²) in [5.74, 6) is -1.29. The Kier molecular flexibility index (Phi) is 9.15. The number of morpholine rings is 1. The second-order valence-electron chi connectivity index (χ2n) is 10.1. The molecule has 218 valence electrons. The number of hydrogen-bond acceptors (Lipinski definition) is 8. The van der Waals surface area contributed by atoms with Gasteiger partial charge in [0.05, 0.1) is 24.8 Å². The van der Waals surface area contributed by atoms with Crippen LogP contribution < -0.4 is 15.2 Å². The van der Waals surface area contributed by atoms with Crippen LogP contribution in [-0.4, -0.2) is 78.5 Å². The van der Waals surface area contributed by atoms with E-state index in [0.29, 0.717) is 49.0 Å². The van der Waals surface area contributed by atoms with E-state index in [9.17, 15) is 19.5 Å². The summed E-state index contributed by atoms with van der Waals surface area (Å²) in [7, 11) is 0. The number of carbonyl (C=O) groups is 3. The highest BCUT2D eigenvalue weighted by molar-refractivity contribution is 6.46. The Morgan fingerprint density at radius 1 is 0.881 bits per heavy atom. The van der Waals surface area contributed by atoms with E-state index in [4.69, 9.17) is 19.9 Å². The van der Waals surface area contributed by atoms with Gasteiger partial charge in [0.1, 0.15) is 23.9 Å². The molecule has 2 fully saturated rings. The highest BCUT2D eigenvalue weighted by Crippen LogP contribution is 2.40. The van der Waals surface area contributed by atoms with Crippen molar-refractivity contribution in [3.8, 4) is 11.5 Å². The van der Waals surface area contributed by atoms with E-state index in [-0.39, 0.29) is 24.5 Å². The largest absolute Gasteiger partial charge is 0.507 e. The Bertz CT molecular complexity index is 1430. The first-order chi connectivity index (χ1) is 20.4. The highest BCUT2D eigenvalue weighted by atomic mass is 16.5. The molecule has 10 nitrogen and oxygen atoms in total. The molecule has 0 spiro atoms. The summed E-state index contributed by atoms with van der Waals surface area (Å²) in [4.78, 5) is 41.5. The van der Waals surface area contributed by atoms with E-state index < -0.39 is 23.6 Å². The second kappa shape index (κ2) is 13.3. The van der Waals surface area contributed by atoms with Gasteiger partial charge in [0.2, 0.25) is 0 Å². The van der Waals surface area contributed by atoms with Crippen molar-refractivity contribution in [1.82, 2.24) is 9.80 Å². The molecule has 1 atom stereocenters. The third-order valence-electron chi connectivity index (χ3n) is 7.25. The lowest BCUT2D eigenvalue weighted by atomic mass is 9.95. The van der Waals surface area contributed by atoms with E-state index in [1.165, 1.54) is 4.90 Å². The zero-order valence-corrected chi connectivity index (χ0v) is 23.1. The van der Waals surface area contributed by atoms with Crippen LogP contribution in [-0.2, 0) is 25.7 Å². The van der Waals surface area contributed by atoms with Crippen molar-refractivity contribution >= 4 is 23.4 Å². The summed E-state index contributed by atoms with van der Waals surface area (Å²) in [6.07, 6.45) is 0. The molecule has 3 aromatic carbocycles. The minimum Gasteiger partial charge on any atom is -0.507 e. The smallest absolute Gasteiger partial charge is 0.295 e. The van der Waals surface area contributed by atoms with Gasteiger partial charge in [-0.15, -0.1) is 0 Å². The van der Waals surface area contributed by atoms with E-state index in [0.717, 1.165) is 18.7 Å². The fourth-order valence-corrected chi connectivity index (χ4v) is 5.04. The van der Waals surface area contributed by atoms with Gasteiger partial charge < -0.3 is 30.0 Å². The minimum atomic E-state index is -0.815. The van der Waals surface area contributed by atoms with Crippen molar-refractivity contribution in [3.05, 3.63) is 101 Å². The average molecular weight is 572 g/mol. The lowest BCUT2D eigenvalue weighted by Gasteiger charge is -2.31. The first kappa shape index (κ1) is 28.8. The maximum Gasteiger partial charge on any atom is 0.295 e. The van der Waals surface area contributed by atoms with E-state index in [1.54, 1.807) is 48.5 Å². The molecule has 0 radical (unpaired) electrons. The summed E-state index contributed by atoms with van der Waals surface area (Å²) in [6.45, 7) is 3.65. The predicted octanol–water partition coefficient (Wildman–Crippen LogP) is 2.88. The third-order valence-corrected chi connectivity index (χ3v) is 7.25. The van der Waals surface area contributed by atoms with Gasteiger partial charge in [0, 0.05) is 31.7 Å². The quantitative estimate of drug-likeness (QED) is 0.204. The number of carbonyl (C=O) groups excluding carboxylic acids is 3. The summed E-state index contributed by atoms with van der Waals surface area (Å²) in [5.41, 5.74) is 7.21. The van der Waals surface area contributed by atoms with E-state index in [2.05, 4.69) is 4.90 Å². The van der Waals surface area contributed by atoms with Crippen LogP contribution in [0.25, 0.3) is 5.76 Å². The molecule has 3 N–H and O–H groups in total. The summed E-state index contributed by atoms with van der Waals surface area (Å²) >= 11 is 0. The Hall–Kier alpha value is -4.67. The average Bonchev–Trinajstić information content (AvgIpc) is 3.28. The monoisotopic (exact) mass is 571 g/mol. The Morgan fingerprint density at radius 3 is 2.19 bits per heavy atom. The number of ether oxygens (including phenoxy) is 3. The topological polar surface area (TPSA) is 132 Å². The number of benzene rings is 3. The summed E-state index contributed by atoms with van der Waals surface area (Å²) < 4.78 is 16.6. The zero-order chi connectivity index (χ0) is 29.5. The summed E-state index contributed by atoms with van der Waals surface area (Å²) in [6, 6.07) is 22.4. The number of amides is 2. The number of likely N-dealkylation sites (tertiary alicyclic amines) is 1. The minimum absolute atomic E-state index is 0.00531. The first-order valence-corrected chi connectivity index (χ1v) is 13.8. The number of primary amides is 1. The number of aliphatic hydroxyl groups is 1. The van der Waals surface area contributed by atoms with Crippen molar-refractivity contribution in [2.75, 3.05) is 46.0 Å². The van der Waals surface area contributed by atoms with Crippen LogP contribution in [0.15, 0.2) is 84.4 Å². The van der Waals surface area contributed by atoms with Crippen molar-refractivity contribution in [2.45, 2.75) is 12.6 Å². The van der Waals surface area contributed by atoms with Crippen molar-refractivity contribution < 1.29 is 33.7 Å². The lowest BCUT2D eigenvalue weighted by molar-refractivity contribution is -0.140. The van der Waals surface area contributed by atoms with E-state index >= 15 is 0 Å². The van der Waals surface area contributed by atoms with Crippen molar-refractivity contribution in [2.24, 2.45) is 5.73 Å². The maximum atomic E-state index is 13.4. The van der Waals surface area contributed by atoms with Gasteiger partial charge in [-0.2, -0.15) is 0 Å². The van der Waals surface area contributed by atoms with Crippen LogP contribution in [0.2, 0.25) is 0 Å². The molecule has 0 bridgehead atoms. The first-order valence-electron chi connectivity index (χ1n) is 13.8. The molecule has 3 aromatic rings. The Labute approximate surface area is 243 Å². The predicted molar refractivity (Wildman–Crippen MR) is 155 cm³/mol. The molecule has 2 aliphatic rings. The number of hydrogen-bond donors (Lipinski definition) is 2. The van der Waals surface area contributed by atoms with Crippen LogP contribution in [0, 0.1) is 0 Å². The maximum absolute atomic E-state index is 13.4. The molecule has 2 amide bonds. The number of Topliss-reactive ketones (excluding diaryl/α,β-unsaturated/α-hetero) is 1. The molecule has 1 unspecified atom stereocenters. The van der Waals surface area contributed by atoms with Gasteiger partial charge >= 0.3 is 0 Å². The number of nitrogens with two attached hydrogens (primary N) is 1. The zero-order valence-electron chi connectivity index (χ0n) is 23.1.